The maximum absolute atomic E-state index is 12.0. The molecule has 0 aliphatic carbocycles. The molecule has 1 aliphatic rings. The van der Waals surface area contributed by atoms with Gasteiger partial charge in [-0.25, -0.2) is 0 Å². The molecule has 114 valence electrons. The number of hydrogen-bond acceptors (Lipinski definition) is 3. The lowest BCUT2D eigenvalue weighted by Gasteiger charge is -2.15. The number of carbonyl (C=O) groups is 1. The molecule has 0 amide bonds. The Morgan fingerprint density at radius 2 is 2.18 bits per heavy atom. The molecule has 2 nitrogen and oxygen atoms in total. The Kier molecular flexibility index (Phi) is 5.20. The van der Waals surface area contributed by atoms with E-state index < -0.39 is 0 Å². The molecular weight excluding hydrogens is 290 g/mol. The number of allylic oxidation sites excluding steroid dienone is 1. The highest BCUT2D eigenvalue weighted by Crippen LogP contribution is 2.26. The van der Waals surface area contributed by atoms with E-state index in [1.165, 1.54) is 24.0 Å². The average molecular weight is 311 g/mol. The smallest absolute Gasteiger partial charge is 0.156 e. The lowest BCUT2D eigenvalue weighted by Crippen LogP contribution is -2.15. The second kappa shape index (κ2) is 7.52. The molecule has 2 heterocycles. The van der Waals surface area contributed by atoms with Crippen molar-refractivity contribution in [2.24, 2.45) is 0 Å². The highest BCUT2D eigenvalue weighted by Gasteiger charge is 2.18. The summed E-state index contributed by atoms with van der Waals surface area (Å²) in [6, 6.07) is 13.0. The van der Waals surface area contributed by atoms with Crippen LogP contribution in [0.25, 0.3) is 6.08 Å². The molecule has 1 saturated heterocycles. The zero-order valence-electron chi connectivity index (χ0n) is 12.6. The first-order valence-electron chi connectivity index (χ1n) is 7.88. The number of aryl methyl sites for hydroxylation is 1. The number of carbonyl (C=O) groups excluding carboxylic acids is 1. The van der Waals surface area contributed by atoms with E-state index in [0.717, 1.165) is 17.8 Å². The summed E-state index contributed by atoms with van der Waals surface area (Å²) in [6.07, 6.45) is 7.46. The number of thiophene rings is 1. The molecule has 22 heavy (non-hydrogen) atoms. The summed E-state index contributed by atoms with van der Waals surface area (Å²) in [5.74, 6) is 0.197. The Morgan fingerprint density at radius 1 is 1.27 bits per heavy atom. The number of nitrogens with one attached hydrogen (secondary N) is 1. The lowest BCUT2D eigenvalue weighted by molar-refractivity contribution is -0.114. The van der Waals surface area contributed by atoms with E-state index in [-0.39, 0.29) is 5.78 Å². The molecule has 1 atom stereocenters. The van der Waals surface area contributed by atoms with Crippen molar-refractivity contribution in [2.75, 3.05) is 6.54 Å². The summed E-state index contributed by atoms with van der Waals surface area (Å²) < 4.78 is 0. The molecule has 1 aromatic carbocycles. The first kappa shape index (κ1) is 15.2. The van der Waals surface area contributed by atoms with Crippen LogP contribution in [0.2, 0.25) is 0 Å². The number of hydrogen-bond donors (Lipinski definition) is 1. The normalized spacial score (nSPS) is 18.1. The van der Waals surface area contributed by atoms with Crippen molar-refractivity contribution in [3.05, 3.63) is 63.9 Å². The van der Waals surface area contributed by atoms with E-state index in [2.05, 4.69) is 29.6 Å². The van der Waals surface area contributed by atoms with Crippen molar-refractivity contribution < 1.29 is 4.79 Å². The van der Waals surface area contributed by atoms with E-state index in [1.54, 1.807) is 17.4 Å². The van der Waals surface area contributed by atoms with Gasteiger partial charge in [0, 0.05) is 17.3 Å². The Labute approximate surface area is 135 Å². The predicted octanol–water partition coefficient (Wildman–Crippen LogP) is 4.39. The van der Waals surface area contributed by atoms with Crippen molar-refractivity contribution in [3.63, 3.8) is 0 Å². The molecule has 2 aromatic rings. The molecule has 1 aliphatic heterocycles. The molecule has 0 bridgehead atoms. The van der Waals surface area contributed by atoms with Gasteiger partial charge >= 0.3 is 0 Å². The Hall–Kier alpha value is -1.71. The van der Waals surface area contributed by atoms with Crippen molar-refractivity contribution in [2.45, 2.75) is 31.7 Å². The van der Waals surface area contributed by atoms with Gasteiger partial charge in [-0.2, -0.15) is 0 Å². The average Bonchev–Trinajstić information content (AvgIpc) is 3.24. The fourth-order valence-corrected chi connectivity index (χ4v) is 3.57. The van der Waals surface area contributed by atoms with Crippen LogP contribution in [0.4, 0.5) is 0 Å². The third kappa shape index (κ3) is 3.93. The van der Waals surface area contributed by atoms with Crippen LogP contribution < -0.4 is 5.32 Å². The van der Waals surface area contributed by atoms with Gasteiger partial charge in [0.25, 0.3) is 0 Å². The van der Waals surface area contributed by atoms with Crippen molar-refractivity contribution in [1.82, 2.24) is 5.32 Å². The van der Waals surface area contributed by atoms with Gasteiger partial charge in [-0.3, -0.25) is 4.79 Å². The third-order valence-corrected chi connectivity index (χ3v) is 4.95. The quantitative estimate of drug-likeness (QED) is 0.802. The maximum atomic E-state index is 12.0. The SMILES string of the molecule is O=C(C=Cc1cccs1)CCc1ccccc1C1CCCN1. The second-order valence-electron chi connectivity index (χ2n) is 5.66. The molecule has 1 unspecified atom stereocenters. The Bertz CT molecular complexity index is 639. The number of ketones is 1. The molecule has 1 aromatic heterocycles. The van der Waals surface area contributed by atoms with Crippen LogP contribution >= 0.6 is 11.3 Å². The van der Waals surface area contributed by atoms with Crippen molar-refractivity contribution >= 4 is 23.2 Å². The van der Waals surface area contributed by atoms with Gasteiger partial charge < -0.3 is 5.32 Å². The van der Waals surface area contributed by atoms with Crippen LogP contribution in [0, 0.1) is 0 Å². The molecule has 1 N–H and O–H groups in total. The highest BCUT2D eigenvalue weighted by atomic mass is 32.1. The van der Waals surface area contributed by atoms with Gasteiger partial charge in [0.05, 0.1) is 0 Å². The van der Waals surface area contributed by atoms with Gasteiger partial charge in [-0.15, -0.1) is 11.3 Å². The van der Waals surface area contributed by atoms with E-state index in [9.17, 15) is 4.79 Å². The minimum atomic E-state index is 0.197. The monoisotopic (exact) mass is 311 g/mol. The molecule has 3 rings (SSSR count). The zero-order chi connectivity index (χ0) is 15.2. The van der Waals surface area contributed by atoms with E-state index in [0.29, 0.717) is 12.5 Å². The van der Waals surface area contributed by atoms with Gasteiger partial charge in [-0.1, -0.05) is 30.3 Å². The maximum Gasteiger partial charge on any atom is 0.156 e. The van der Waals surface area contributed by atoms with Gasteiger partial charge in [0.2, 0.25) is 0 Å². The topological polar surface area (TPSA) is 29.1 Å². The third-order valence-electron chi connectivity index (χ3n) is 4.11. The van der Waals surface area contributed by atoms with Gasteiger partial charge in [-0.05, 0) is 60.5 Å². The minimum Gasteiger partial charge on any atom is -0.310 e. The fraction of sp³-hybridized carbons (Fsp3) is 0.316. The summed E-state index contributed by atoms with van der Waals surface area (Å²) in [5, 5.41) is 5.57. The first-order valence-corrected chi connectivity index (χ1v) is 8.76. The van der Waals surface area contributed by atoms with Gasteiger partial charge in [0.15, 0.2) is 5.78 Å². The summed E-state index contributed by atoms with van der Waals surface area (Å²) in [6.45, 7) is 1.10. The lowest BCUT2D eigenvalue weighted by atomic mass is 9.95. The minimum absolute atomic E-state index is 0.197. The number of benzene rings is 1. The van der Waals surface area contributed by atoms with Crippen LogP contribution in [0.1, 0.15) is 41.3 Å². The molecule has 0 saturated carbocycles. The summed E-state index contributed by atoms with van der Waals surface area (Å²) in [7, 11) is 0. The summed E-state index contributed by atoms with van der Waals surface area (Å²) in [5.41, 5.74) is 2.68. The van der Waals surface area contributed by atoms with E-state index in [4.69, 9.17) is 0 Å². The van der Waals surface area contributed by atoms with Crippen LogP contribution in [0.5, 0.6) is 0 Å². The highest BCUT2D eigenvalue weighted by molar-refractivity contribution is 7.10. The van der Waals surface area contributed by atoms with Gasteiger partial charge in [0.1, 0.15) is 0 Å². The van der Waals surface area contributed by atoms with Crippen LogP contribution in [-0.2, 0) is 11.2 Å². The predicted molar refractivity (Wildman–Crippen MR) is 93.1 cm³/mol. The standard InChI is InChI=1S/C19H21NOS/c21-16(11-12-17-6-4-14-22-17)10-9-15-5-1-2-7-18(15)19-8-3-13-20-19/h1-2,4-7,11-12,14,19-20H,3,8-10,13H2. The van der Waals surface area contributed by atoms with E-state index in [1.807, 2.05) is 23.6 Å². The molecule has 3 heteroatoms. The second-order valence-corrected chi connectivity index (χ2v) is 6.64. The van der Waals surface area contributed by atoms with Crippen LogP contribution in [-0.4, -0.2) is 12.3 Å². The Balaban J connectivity index is 1.60. The fourth-order valence-electron chi connectivity index (χ4n) is 2.95. The van der Waals surface area contributed by atoms with E-state index >= 15 is 0 Å². The van der Waals surface area contributed by atoms with Crippen LogP contribution in [0.15, 0.2) is 47.9 Å². The Morgan fingerprint density at radius 3 is 2.95 bits per heavy atom. The molecular formula is C19H21NOS. The molecule has 0 spiro atoms. The van der Waals surface area contributed by atoms with Crippen molar-refractivity contribution in [3.8, 4) is 0 Å². The summed E-state index contributed by atoms with van der Waals surface area (Å²) >= 11 is 1.65. The first-order chi connectivity index (χ1) is 10.8. The zero-order valence-corrected chi connectivity index (χ0v) is 13.4. The summed E-state index contributed by atoms with van der Waals surface area (Å²) in [4.78, 5) is 13.2. The van der Waals surface area contributed by atoms with Crippen molar-refractivity contribution in [1.29, 1.82) is 0 Å². The van der Waals surface area contributed by atoms with Crippen LogP contribution in [0.3, 0.4) is 0 Å². The molecule has 0 radical (unpaired) electrons. The largest absolute Gasteiger partial charge is 0.310 e. The molecule has 1 fully saturated rings. The number of rotatable bonds is 6.